The van der Waals surface area contributed by atoms with Crippen LogP contribution in [0, 0.1) is 0 Å². The Kier molecular flexibility index (Phi) is 2.92. The lowest BCUT2D eigenvalue weighted by Gasteiger charge is -2.30. The summed E-state index contributed by atoms with van der Waals surface area (Å²) in [4.78, 5) is 6.76. The number of halogens is 1. The van der Waals surface area contributed by atoms with Gasteiger partial charge in [0.15, 0.2) is 0 Å². The molecule has 0 bridgehead atoms. The van der Waals surface area contributed by atoms with E-state index in [2.05, 4.69) is 21.5 Å². The number of piperidine rings is 1. The highest BCUT2D eigenvalue weighted by Crippen LogP contribution is 2.30. The lowest BCUT2D eigenvalue weighted by Crippen LogP contribution is -2.31. The molecule has 1 aromatic carbocycles. The van der Waals surface area contributed by atoms with Crippen molar-refractivity contribution in [1.82, 2.24) is 14.5 Å². The van der Waals surface area contributed by atoms with E-state index in [9.17, 15) is 0 Å². The molecule has 1 fully saturated rings. The normalized spacial score (nSPS) is 18.6. The number of nitrogens with zero attached hydrogens (tertiary/aromatic N) is 3. The minimum Gasteiger partial charge on any atom is -0.369 e. The Labute approximate surface area is 111 Å². The third-order valence-corrected chi connectivity index (χ3v) is 3.97. The van der Waals surface area contributed by atoms with Crippen molar-refractivity contribution < 1.29 is 0 Å². The lowest BCUT2D eigenvalue weighted by molar-refractivity contribution is 0.225. The van der Waals surface area contributed by atoms with Crippen molar-refractivity contribution in [3.8, 4) is 0 Å². The second kappa shape index (κ2) is 4.44. The Bertz CT molecular complexity index is 570. The number of hydrogen-bond acceptors (Lipinski definition) is 3. The molecule has 0 aliphatic carbocycles. The summed E-state index contributed by atoms with van der Waals surface area (Å²) >= 11 is 6.07. The van der Waals surface area contributed by atoms with Crippen molar-refractivity contribution >= 4 is 28.6 Å². The van der Waals surface area contributed by atoms with Gasteiger partial charge >= 0.3 is 0 Å². The molecule has 0 amide bonds. The Balaban J connectivity index is 2.05. The number of rotatable bonds is 1. The van der Waals surface area contributed by atoms with Gasteiger partial charge in [-0.3, -0.25) is 0 Å². The van der Waals surface area contributed by atoms with Crippen LogP contribution in [0.5, 0.6) is 0 Å². The second-order valence-electron chi connectivity index (χ2n) is 5.01. The van der Waals surface area contributed by atoms with Crippen molar-refractivity contribution in [1.29, 1.82) is 0 Å². The van der Waals surface area contributed by atoms with Crippen molar-refractivity contribution in [2.45, 2.75) is 18.9 Å². The zero-order chi connectivity index (χ0) is 12.7. The number of nitrogen functional groups attached to an aromatic ring is 1. The molecule has 1 saturated heterocycles. The quantitative estimate of drug-likeness (QED) is 0.861. The van der Waals surface area contributed by atoms with Crippen LogP contribution in [0.3, 0.4) is 0 Å². The maximum Gasteiger partial charge on any atom is 0.201 e. The summed E-state index contributed by atoms with van der Waals surface area (Å²) in [5.74, 6) is 0.599. The van der Waals surface area contributed by atoms with Crippen LogP contribution in [-0.2, 0) is 0 Å². The molecule has 2 N–H and O–H groups in total. The van der Waals surface area contributed by atoms with Crippen LogP contribution in [0.4, 0.5) is 5.95 Å². The van der Waals surface area contributed by atoms with Gasteiger partial charge in [-0.25, -0.2) is 4.98 Å². The molecule has 5 heteroatoms. The zero-order valence-corrected chi connectivity index (χ0v) is 11.2. The number of likely N-dealkylation sites (tertiary alicyclic amines) is 1. The van der Waals surface area contributed by atoms with Gasteiger partial charge in [0.25, 0.3) is 0 Å². The van der Waals surface area contributed by atoms with Crippen LogP contribution < -0.4 is 5.73 Å². The van der Waals surface area contributed by atoms with Gasteiger partial charge in [0.1, 0.15) is 0 Å². The first-order chi connectivity index (χ1) is 8.65. The van der Waals surface area contributed by atoms with Crippen molar-refractivity contribution in [2.75, 3.05) is 25.9 Å². The summed E-state index contributed by atoms with van der Waals surface area (Å²) in [6.07, 6.45) is 2.22. The first-order valence-electron chi connectivity index (χ1n) is 6.26. The van der Waals surface area contributed by atoms with Gasteiger partial charge in [0.05, 0.1) is 11.0 Å². The van der Waals surface area contributed by atoms with Gasteiger partial charge in [0, 0.05) is 11.1 Å². The maximum absolute atomic E-state index is 6.07. The second-order valence-corrected chi connectivity index (χ2v) is 5.44. The average molecular weight is 265 g/mol. The highest BCUT2D eigenvalue weighted by molar-refractivity contribution is 6.31. The fraction of sp³-hybridized carbons (Fsp3) is 0.462. The van der Waals surface area contributed by atoms with E-state index in [0.717, 1.165) is 42.0 Å². The van der Waals surface area contributed by atoms with Crippen LogP contribution >= 0.6 is 11.6 Å². The number of nitrogens with two attached hydrogens (primary N) is 1. The Morgan fingerprint density at radius 3 is 2.78 bits per heavy atom. The highest BCUT2D eigenvalue weighted by atomic mass is 35.5. The number of hydrogen-bond donors (Lipinski definition) is 1. The van der Waals surface area contributed by atoms with E-state index >= 15 is 0 Å². The summed E-state index contributed by atoms with van der Waals surface area (Å²) in [6.45, 7) is 2.20. The van der Waals surface area contributed by atoms with E-state index < -0.39 is 0 Å². The van der Waals surface area contributed by atoms with E-state index in [1.54, 1.807) is 0 Å². The molecule has 0 radical (unpaired) electrons. The van der Waals surface area contributed by atoms with Crippen molar-refractivity contribution in [2.24, 2.45) is 0 Å². The van der Waals surface area contributed by atoms with E-state index in [1.807, 2.05) is 18.2 Å². The molecular weight excluding hydrogens is 248 g/mol. The molecule has 2 heterocycles. The average Bonchev–Trinajstić information content (AvgIpc) is 2.66. The van der Waals surface area contributed by atoms with Crippen LogP contribution in [0.1, 0.15) is 18.9 Å². The fourth-order valence-corrected chi connectivity index (χ4v) is 2.89. The standard InChI is InChI=1S/C13H17ClN4/c1-17-6-4-10(5-7-17)18-12-8-9(14)2-3-11(12)16-13(18)15/h2-3,8,10H,4-7H2,1H3,(H2,15,16). The van der Waals surface area contributed by atoms with E-state index in [4.69, 9.17) is 17.3 Å². The maximum atomic E-state index is 6.07. The van der Waals surface area contributed by atoms with Gasteiger partial charge in [-0.15, -0.1) is 0 Å². The summed E-state index contributed by atoms with van der Waals surface area (Å²) in [5, 5.41) is 0.733. The molecule has 2 aromatic rings. The van der Waals surface area contributed by atoms with E-state index in [1.165, 1.54) is 0 Å². The number of aromatic nitrogens is 2. The molecule has 0 atom stereocenters. The Morgan fingerprint density at radius 1 is 1.33 bits per heavy atom. The molecule has 1 aliphatic heterocycles. The number of benzene rings is 1. The minimum absolute atomic E-state index is 0.435. The van der Waals surface area contributed by atoms with Crippen LogP contribution in [0.25, 0.3) is 11.0 Å². The zero-order valence-electron chi connectivity index (χ0n) is 10.4. The predicted octanol–water partition coefficient (Wildman–Crippen LogP) is 2.54. The molecule has 4 nitrogen and oxygen atoms in total. The Hall–Kier alpha value is -1.26. The molecule has 96 valence electrons. The predicted molar refractivity (Wildman–Crippen MR) is 74.9 cm³/mol. The van der Waals surface area contributed by atoms with Crippen molar-refractivity contribution in [3.63, 3.8) is 0 Å². The molecular formula is C13H17ClN4. The fourth-order valence-electron chi connectivity index (χ4n) is 2.72. The monoisotopic (exact) mass is 264 g/mol. The summed E-state index contributed by atoms with van der Waals surface area (Å²) in [7, 11) is 2.16. The molecule has 1 aliphatic rings. The van der Waals surface area contributed by atoms with E-state index in [-0.39, 0.29) is 0 Å². The van der Waals surface area contributed by atoms with Crippen LogP contribution in [-0.4, -0.2) is 34.6 Å². The van der Waals surface area contributed by atoms with Gasteiger partial charge in [0.2, 0.25) is 5.95 Å². The molecule has 0 saturated carbocycles. The van der Waals surface area contributed by atoms with Crippen LogP contribution in [0.2, 0.25) is 5.02 Å². The first kappa shape index (κ1) is 11.8. The number of fused-ring (bicyclic) bond motifs is 1. The smallest absolute Gasteiger partial charge is 0.201 e. The summed E-state index contributed by atoms with van der Waals surface area (Å²) < 4.78 is 2.15. The third-order valence-electron chi connectivity index (χ3n) is 3.73. The number of anilines is 1. The third kappa shape index (κ3) is 1.95. The van der Waals surface area contributed by atoms with E-state index in [0.29, 0.717) is 12.0 Å². The van der Waals surface area contributed by atoms with Gasteiger partial charge < -0.3 is 15.2 Å². The molecule has 3 rings (SSSR count). The highest BCUT2D eigenvalue weighted by Gasteiger charge is 2.22. The van der Waals surface area contributed by atoms with Gasteiger partial charge in [-0.1, -0.05) is 11.6 Å². The molecule has 1 aromatic heterocycles. The topological polar surface area (TPSA) is 47.1 Å². The van der Waals surface area contributed by atoms with Gasteiger partial charge in [-0.05, 0) is 51.2 Å². The molecule has 18 heavy (non-hydrogen) atoms. The minimum atomic E-state index is 0.435. The van der Waals surface area contributed by atoms with Crippen molar-refractivity contribution in [3.05, 3.63) is 23.2 Å². The summed E-state index contributed by atoms with van der Waals surface area (Å²) in [6, 6.07) is 6.18. The number of imidazole rings is 1. The SMILES string of the molecule is CN1CCC(n2c(N)nc3ccc(Cl)cc32)CC1. The Morgan fingerprint density at radius 2 is 2.06 bits per heavy atom. The molecule has 0 unspecified atom stereocenters. The van der Waals surface area contributed by atoms with Gasteiger partial charge in [-0.2, -0.15) is 0 Å². The lowest BCUT2D eigenvalue weighted by atomic mass is 10.1. The largest absolute Gasteiger partial charge is 0.369 e. The van der Waals surface area contributed by atoms with Crippen LogP contribution in [0.15, 0.2) is 18.2 Å². The first-order valence-corrected chi connectivity index (χ1v) is 6.64. The summed E-state index contributed by atoms with van der Waals surface area (Å²) in [5.41, 5.74) is 8.04. The molecule has 0 spiro atoms.